The molecule has 0 saturated carbocycles. The summed E-state index contributed by atoms with van der Waals surface area (Å²) in [5.74, 6) is -1.60. The Kier molecular flexibility index (Phi) is 7.54. The minimum absolute atomic E-state index is 0.0596. The summed E-state index contributed by atoms with van der Waals surface area (Å²) in [5, 5.41) is 20.9. The van der Waals surface area contributed by atoms with Gasteiger partial charge in [-0.05, 0) is 78.1 Å². The fourth-order valence-electron chi connectivity index (χ4n) is 4.75. The summed E-state index contributed by atoms with van der Waals surface area (Å²) < 4.78 is 10.8. The Bertz CT molecular complexity index is 1550. The van der Waals surface area contributed by atoms with Crippen molar-refractivity contribution in [1.82, 2.24) is 0 Å². The maximum absolute atomic E-state index is 13.6. The average molecular weight is 525 g/mol. The molecule has 39 heavy (non-hydrogen) atoms. The van der Waals surface area contributed by atoms with E-state index in [2.05, 4.69) is 0 Å². The molecule has 0 bridgehead atoms. The fraction of sp³-hybridized carbons (Fsp3) is 0.226. The van der Waals surface area contributed by atoms with E-state index in [-0.39, 0.29) is 23.0 Å². The number of rotatable bonds is 6. The lowest BCUT2D eigenvalue weighted by Gasteiger charge is -2.26. The number of methoxy groups -OCH3 is 1. The number of aryl methyl sites for hydroxylation is 1. The topological polar surface area (TPSA) is 117 Å². The van der Waals surface area contributed by atoms with E-state index in [0.29, 0.717) is 33.7 Å². The highest BCUT2D eigenvalue weighted by molar-refractivity contribution is 6.51. The molecule has 8 nitrogen and oxygen atoms in total. The van der Waals surface area contributed by atoms with Crippen LogP contribution in [0.4, 0.5) is 5.69 Å². The van der Waals surface area contributed by atoms with Gasteiger partial charge in [0.2, 0.25) is 0 Å². The van der Waals surface area contributed by atoms with Crippen molar-refractivity contribution in [3.8, 4) is 17.6 Å². The molecule has 1 heterocycles. The molecule has 198 valence electrons. The summed E-state index contributed by atoms with van der Waals surface area (Å²) in [6, 6.07) is 17.3. The van der Waals surface area contributed by atoms with E-state index in [0.717, 1.165) is 5.56 Å². The number of amides is 1. The van der Waals surface area contributed by atoms with Crippen LogP contribution >= 0.6 is 0 Å². The summed E-state index contributed by atoms with van der Waals surface area (Å²) in [5.41, 5.74) is 3.00. The predicted octanol–water partition coefficient (Wildman–Crippen LogP) is 5.55. The van der Waals surface area contributed by atoms with Gasteiger partial charge in [-0.25, -0.2) is 0 Å². The number of nitrogens with zero attached hydrogens (tertiary/aromatic N) is 2. The van der Waals surface area contributed by atoms with Gasteiger partial charge in [-0.15, -0.1) is 0 Å². The third-order valence-electron chi connectivity index (χ3n) is 6.61. The lowest BCUT2D eigenvalue weighted by molar-refractivity contribution is -0.132. The SMILES string of the molecule is COc1cc(C)c(/C(O)=C2\C(=O)C(=O)N(c3ccc(C#N)cc3)C2c2cccc(OC(C)=O)c2)cc1C(C)C. The smallest absolute Gasteiger partial charge is 0.308 e. The second kappa shape index (κ2) is 10.8. The Hall–Kier alpha value is -4.90. The zero-order valence-electron chi connectivity index (χ0n) is 22.3. The molecule has 3 aromatic rings. The molecule has 3 aromatic carbocycles. The number of anilines is 1. The summed E-state index contributed by atoms with van der Waals surface area (Å²) in [6.07, 6.45) is 0. The summed E-state index contributed by atoms with van der Waals surface area (Å²) >= 11 is 0. The molecule has 1 amide bonds. The number of nitriles is 1. The molecule has 8 heteroatoms. The molecule has 1 aliphatic rings. The maximum atomic E-state index is 13.6. The molecule has 1 atom stereocenters. The zero-order chi connectivity index (χ0) is 28.4. The highest BCUT2D eigenvalue weighted by Gasteiger charge is 2.47. The van der Waals surface area contributed by atoms with Gasteiger partial charge in [-0.2, -0.15) is 5.26 Å². The van der Waals surface area contributed by atoms with Crippen LogP contribution in [-0.2, 0) is 14.4 Å². The number of benzene rings is 3. The van der Waals surface area contributed by atoms with Crippen molar-refractivity contribution < 1.29 is 29.0 Å². The highest BCUT2D eigenvalue weighted by Crippen LogP contribution is 2.44. The first kappa shape index (κ1) is 27.1. The summed E-state index contributed by atoms with van der Waals surface area (Å²) in [6.45, 7) is 7.03. The first-order valence-electron chi connectivity index (χ1n) is 12.4. The number of Topliss-reactive ketones (excluding diaryl/α,β-unsaturated/α-hetero) is 1. The van der Waals surface area contributed by atoms with Crippen LogP contribution in [-0.4, -0.2) is 29.9 Å². The summed E-state index contributed by atoms with van der Waals surface area (Å²) in [4.78, 5) is 39.9. The first-order chi connectivity index (χ1) is 18.6. The van der Waals surface area contributed by atoms with E-state index < -0.39 is 23.7 Å². The molecule has 4 rings (SSSR count). The molecule has 1 N–H and O–H groups in total. The lowest BCUT2D eigenvalue weighted by atomic mass is 9.91. The van der Waals surface area contributed by atoms with E-state index >= 15 is 0 Å². The molecule has 1 aliphatic heterocycles. The number of aliphatic hydroxyl groups is 1. The molecule has 0 aromatic heterocycles. The van der Waals surface area contributed by atoms with Gasteiger partial charge in [0, 0.05) is 18.2 Å². The Balaban J connectivity index is 1.99. The molecule has 0 spiro atoms. The first-order valence-corrected chi connectivity index (χ1v) is 12.4. The van der Waals surface area contributed by atoms with Crippen molar-refractivity contribution in [2.24, 2.45) is 0 Å². The Morgan fingerprint density at radius 3 is 2.36 bits per heavy atom. The largest absolute Gasteiger partial charge is 0.507 e. The van der Waals surface area contributed by atoms with Crippen LogP contribution in [0, 0.1) is 18.3 Å². The van der Waals surface area contributed by atoms with E-state index in [1.807, 2.05) is 19.9 Å². The van der Waals surface area contributed by atoms with Crippen molar-refractivity contribution in [1.29, 1.82) is 5.26 Å². The van der Waals surface area contributed by atoms with Gasteiger partial charge >= 0.3 is 5.97 Å². The van der Waals surface area contributed by atoms with Gasteiger partial charge in [-0.3, -0.25) is 19.3 Å². The van der Waals surface area contributed by atoms with Crippen molar-refractivity contribution in [3.05, 3.63) is 94.1 Å². The molecule has 1 saturated heterocycles. The molecular formula is C31H28N2O6. The summed E-state index contributed by atoms with van der Waals surface area (Å²) in [7, 11) is 1.57. The average Bonchev–Trinajstić information content (AvgIpc) is 3.17. The Labute approximate surface area is 226 Å². The quantitative estimate of drug-likeness (QED) is 0.148. The van der Waals surface area contributed by atoms with E-state index in [9.17, 15) is 24.8 Å². The number of hydrogen-bond acceptors (Lipinski definition) is 7. The number of esters is 1. The van der Waals surface area contributed by atoms with Gasteiger partial charge in [0.1, 0.15) is 17.3 Å². The van der Waals surface area contributed by atoms with Crippen LogP contribution < -0.4 is 14.4 Å². The number of hydrogen-bond donors (Lipinski definition) is 1. The van der Waals surface area contributed by atoms with Crippen LogP contribution in [0.2, 0.25) is 0 Å². The van der Waals surface area contributed by atoms with E-state index in [1.165, 1.54) is 11.8 Å². The third kappa shape index (κ3) is 5.12. The van der Waals surface area contributed by atoms with Crippen LogP contribution in [0.5, 0.6) is 11.5 Å². The monoisotopic (exact) mass is 524 g/mol. The third-order valence-corrected chi connectivity index (χ3v) is 6.61. The van der Waals surface area contributed by atoms with Crippen molar-refractivity contribution in [2.45, 2.75) is 39.7 Å². The minimum Gasteiger partial charge on any atom is -0.507 e. The zero-order valence-corrected chi connectivity index (χ0v) is 22.3. The predicted molar refractivity (Wildman–Crippen MR) is 146 cm³/mol. The standard InChI is InChI=1S/C31H28N2O6/c1-17(2)24-15-25(18(3)13-26(24)38-5)29(35)27-28(21-7-6-8-23(14-21)39-19(4)34)33(31(37)30(27)36)22-11-9-20(16-32)10-12-22/h6-15,17,28,35H,1-5H3/b29-27+. The van der Waals surface area contributed by atoms with Gasteiger partial charge in [0.15, 0.2) is 0 Å². The number of carbonyl (C=O) groups is 3. The molecule has 0 aliphatic carbocycles. The van der Waals surface area contributed by atoms with Gasteiger partial charge in [-0.1, -0.05) is 26.0 Å². The second-order valence-electron chi connectivity index (χ2n) is 9.56. The van der Waals surface area contributed by atoms with Crippen LogP contribution in [0.3, 0.4) is 0 Å². The van der Waals surface area contributed by atoms with E-state index in [1.54, 1.807) is 74.7 Å². The van der Waals surface area contributed by atoms with Crippen LogP contribution in [0.1, 0.15) is 60.5 Å². The van der Waals surface area contributed by atoms with Gasteiger partial charge < -0.3 is 14.6 Å². The molecular weight excluding hydrogens is 496 g/mol. The van der Waals surface area contributed by atoms with Crippen LogP contribution in [0.25, 0.3) is 5.76 Å². The lowest BCUT2D eigenvalue weighted by Crippen LogP contribution is -2.29. The Morgan fingerprint density at radius 1 is 1.08 bits per heavy atom. The molecule has 0 radical (unpaired) electrons. The molecule has 1 unspecified atom stereocenters. The van der Waals surface area contributed by atoms with Crippen LogP contribution in [0.15, 0.2) is 66.2 Å². The fourth-order valence-corrected chi connectivity index (χ4v) is 4.75. The van der Waals surface area contributed by atoms with Crippen molar-refractivity contribution in [2.75, 3.05) is 12.0 Å². The minimum atomic E-state index is -1.03. The second-order valence-corrected chi connectivity index (χ2v) is 9.56. The number of carbonyl (C=O) groups excluding carboxylic acids is 3. The molecule has 1 fully saturated rings. The number of ether oxygens (including phenoxy) is 2. The van der Waals surface area contributed by atoms with Crippen molar-refractivity contribution in [3.63, 3.8) is 0 Å². The van der Waals surface area contributed by atoms with Crippen molar-refractivity contribution >= 4 is 29.1 Å². The number of ketones is 1. The normalized spacial score (nSPS) is 16.3. The maximum Gasteiger partial charge on any atom is 0.308 e. The Morgan fingerprint density at radius 2 is 1.77 bits per heavy atom. The van der Waals surface area contributed by atoms with Gasteiger partial charge in [0.05, 0.1) is 30.4 Å². The van der Waals surface area contributed by atoms with Gasteiger partial charge in [0.25, 0.3) is 11.7 Å². The highest BCUT2D eigenvalue weighted by atomic mass is 16.5. The van der Waals surface area contributed by atoms with E-state index in [4.69, 9.17) is 9.47 Å². The number of aliphatic hydroxyl groups excluding tert-OH is 1.